The largest absolute Gasteiger partial charge is 0.461 e. The predicted molar refractivity (Wildman–Crippen MR) is 104 cm³/mol. The van der Waals surface area contributed by atoms with Gasteiger partial charge in [0.05, 0.1) is 6.10 Å². The van der Waals surface area contributed by atoms with Crippen molar-refractivity contribution >= 4 is 5.97 Å². The van der Waals surface area contributed by atoms with Crippen molar-refractivity contribution in [2.75, 3.05) is 6.61 Å². The molecule has 0 aliphatic heterocycles. The van der Waals surface area contributed by atoms with Crippen molar-refractivity contribution in [1.82, 2.24) is 0 Å². The first-order chi connectivity index (χ1) is 11.8. The third kappa shape index (κ3) is 8.87. The molecule has 3 nitrogen and oxygen atoms in total. The Kier molecular flexibility index (Phi) is 9.51. The quantitative estimate of drug-likeness (QED) is 0.559. The van der Waals surface area contributed by atoms with E-state index in [0.717, 1.165) is 43.3 Å². The Balaban J connectivity index is 2.91. The minimum absolute atomic E-state index is 0.275. The standard InChI is InChI=1S/C22H34O3/c1-16(2)21-12-9-17(3)7-6-8-18(4)22(24)14-11-20(10-13-21)15-25-19(5)23/h7,10,21-22,24H,1,4,6,8-9,11-15H2,2-3,5H3/b17-7+,20-10+/t21-,22+/m0/s1. The summed E-state index contributed by atoms with van der Waals surface area (Å²) in [6.07, 6.45) is 10.0. The van der Waals surface area contributed by atoms with Gasteiger partial charge in [0.2, 0.25) is 0 Å². The van der Waals surface area contributed by atoms with E-state index in [4.69, 9.17) is 4.74 Å². The van der Waals surface area contributed by atoms with E-state index in [1.807, 2.05) is 0 Å². The van der Waals surface area contributed by atoms with Gasteiger partial charge in [0.25, 0.3) is 0 Å². The molecule has 0 radical (unpaired) electrons. The van der Waals surface area contributed by atoms with Crippen LogP contribution in [0.5, 0.6) is 0 Å². The van der Waals surface area contributed by atoms with Crippen LogP contribution in [0.4, 0.5) is 0 Å². The monoisotopic (exact) mass is 346 g/mol. The maximum Gasteiger partial charge on any atom is 0.302 e. The number of hydrogen-bond donors (Lipinski definition) is 1. The third-order valence-electron chi connectivity index (χ3n) is 4.90. The van der Waals surface area contributed by atoms with Gasteiger partial charge < -0.3 is 9.84 Å². The molecule has 0 amide bonds. The van der Waals surface area contributed by atoms with Crippen LogP contribution >= 0.6 is 0 Å². The Morgan fingerprint density at radius 3 is 2.60 bits per heavy atom. The molecule has 1 rings (SSSR count). The van der Waals surface area contributed by atoms with E-state index in [1.165, 1.54) is 18.1 Å². The van der Waals surface area contributed by atoms with Gasteiger partial charge >= 0.3 is 5.97 Å². The second-order valence-corrected chi connectivity index (χ2v) is 7.26. The molecule has 25 heavy (non-hydrogen) atoms. The minimum atomic E-state index is -0.505. The number of allylic oxidation sites excluding steroid dienone is 4. The van der Waals surface area contributed by atoms with Crippen LogP contribution in [0.3, 0.4) is 0 Å². The molecule has 0 fully saturated rings. The molecule has 0 saturated carbocycles. The number of rotatable bonds is 3. The van der Waals surface area contributed by atoms with Crippen molar-refractivity contribution in [3.63, 3.8) is 0 Å². The van der Waals surface area contributed by atoms with Crippen molar-refractivity contribution in [2.24, 2.45) is 5.92 Å². The summed E-state index contributed by atoms with van der Waals surface area (Å²) in [5, 5.41) is 10.3. The van der Waals surface area contributed by atoms with Gasteiger partial charge in [-0.1, -0.05) is 36.5 Å². The topological polar surface area (TPSA) is 46.5 Å². The summed E-state index contributed by atoms with van der Waals surface area (Å²) >= 11 is 0. The summed E-state index contributed by atoms with van der Waals surface area (Å²) in [5.74, 6) is 0.154. The second kappa shape index (κ2) is 11.1. The van der Waals surface area contributed by atoms with E-state index in [9.17, 15) is 9.90 Å². The van der Waals surface area contributed by atoms with Gasteiger partial charge in [0, 0.05) is 6.92 Å². The van der Waals surface area contributed by atoms with Crippen LogP contribution in [-0.2, 0) is 9.53 Å². The first-order valence-corrected chi connectivity index (χ1v) is 9.27. The maximum absolute atomic E-state index is 11.1. The average Bonchev–Trinajstić information content (AvgIpc) is 2.54. The van der Waals surface area contributed by atoms with E-state index in [1.54, 1.807) is 0 Å². The van der Waals surface area contributed by atoms with Crippen molar-refractivity contribution in [2.45, 2.75) is 71.8 Å². The number of carbonyl (C=O) groups is 1. The van der Waals surface area contributed by atoms with Gasteiger partial charge in [-0.15, -0.1) is 0 Å². The lowest BCUT2D eigenvalue weighted by Gasteiger charge is -2.19. The summed E-state index contributed by atoms with van der Waals surface area (Å²) in [6, 6.07) is 0. The van der Waals surface area contributed by atoms with Crippen LogP contribution in [0.1, 0.15) is 65.7 Å². The zero-order valence-corrected chi connectivity index (χ0v) is 16.1. The Morgan fingerprint density at radius 1 is 1.24 bits per heavy atom. The van der Waals surface area contributed by atoms with Gasteiger partial charge in [0.15, 0.2) is 0 Å². The van der Waals surface area contributed by atoms with Crippen molar-refractivity contribution in [3.05, 3.63) is 47.6 Å². The fraction of sp³-hybridized carbons (Fsp3) is 0.591. The molecular formula is C22H34O3. The number of hydrogen-bond acceptors (Lipinski definition) is 3. The lowest BCUT2D eigenvalue weighted by molar-refractivity contribution is -0.140. The zero-order valence-electron chi connectivity index (χ0n) is 16.1. The van der Waals surface area contributed by atoms with Crippen molar-refractivity contribution in [1.29, 1.82) is 0 Å². The molecule has 3 heteroatoms. The Morgan fingerprint density at radius 2 is 1.96 bits per heavy atom. The number of carbonyl (C=O) groups excluding carboxylic acids is 1. The van der Waals surface area contributed by atoms with Crippen LogP contribution in [0.2, 0.25) is 0 Å². The van der Waals surface area contributed by atoms with Crippen molar-refractivity contribution in [3.8, 4) is 0 Å². The summed E-state index contributed by atoms with van der Waals surface area (Å²) in [7, 11) is 0. The lowest BCUT2D eigenvalue weighted by Crippen LogP contribution is -2.12. The molecule has 0 aromatic heterocycles. The molecule has 1 aliphatic rings. The Bertz CT molecular complexity index is 539. The molecule has 0 spiro atoms. The van der Waals surface area contributed by atoms with Gasteiger partial charge in [-0.05, 0) is 75.9 Å². The van der Waals surface area contributed by atoms with E-state index in [2.05, 4.69) is 39.2 Å². The summed E-state index contributed by atoms with van der Waals surface area (Å²) in [4.78, 5) is 11.1. The van der Waals surface area contributed by atoms with Crippen LogP contribution < -0.4 is 0 Å². The molecule has 0 aromatic rings. The first-order valence-electron chi connectivity index (χ1n) is 9.27. The summed E-state index contributed by atoms with van der Waals surface area (Å²) in [6.45, 7) is 14.1. The molecule has 140 valence electrons. The fourth-order valence-corrected chi connectivity index (χ4v) is 3.00. The van der Waals surface area contributed by atoms with Gasteiger partial charge in [-0.25, -0.2) is 0 Å². The molecule has 1 aliphatic carbocycles. The highest BCUT2D eigenvalue weighted by molar-refractivity contribution is 5.66. The van der Waals surface area contributed by atoms with Gasteiger partial charge in [-0.3, -0.25) is 4.79 Å². The Hall–Kier alpha value is -1.61. The van der Waals surface area contributed by atoms with E-state index in [0.29, 0.717) is 25.4 Å². The van der Waals surface area contributed by atoms with Crippen molar-refractivity contribution < 1.29 is 14.6 Å². The van der Waals surface area contributed by atoms with Crippen LogP contribution in [-0.4, -0.2) is 23.8 Å². The van der Waals surface area contributed by atoms with Crippen LogP contribution in [0, 0.1) is 5.92 Å². The normalized spacial score (nSPS) is 28.1. The molecule has 0 heterocycles. The molecule has 0 unspecified atom stereocenters. The third-order valence-corrected chi connectivity index (χ3v) is 4.90. The maximum atomic E-state index is 11.1. The number of aliphatic hydroxyl groups excluding tert-OH is 1. The molecule has 0 bridgehead atoms. The highest BCUT2D eigenvalue weighted by atomic mass is 16.5. The molecule has 0 saturated heterocycles. The SMILES string of the molecule is C=C(C)[C@@H]1C/C=C(/COC(C)=O)CC[C@@H](O)C(=C)CC/C=C(\C)CC1. The Labute approximate surface area is 153 Å². The number of esters is 1. The number of ether oxygens (including phenoxy) is 1. The van der Waals surface area contributed by atoms with Crippen LogP contribution in [0.15, 0.2) is 47.6 Å². The minimum Gasteiger partial charge on any atom is -0.461 e. The highest BCUT2D eigenvalue weighted by Gasteiger charge is 2.13. The van der Waals surface area contributed by atoms with Gasteiger partial charge in [-0.2, -0.15) is 0 Å². The molecule has 1 N–H and O–H groups in total. The number of aliphatic hydroxyl groups is 1. The van der Waals surface area contributed by atoms with E-state index >= 15 is 0 Å². The van der Waals surface area contributed by atoms with Gasteiger partial charge in [0.1, 0.15) is 6.61 Å². The van der Waals surface area contributed by atoms with E-state index < -0.39 is 6.10 Å². The average molecular weight is 347 g/mol. The highest BCUT2D eigenvalue weighted by Crippen LogP contribution is 2.25. The summed E-state index contributed by atoms with van der Waals surface area (Å²) in [5.41, 5.74) is 4.52. The molecular weight excluding hydrogens is 312 g/mol. The zero-order chi connectivity index (χ0) is 18.8. The molecule has 0 aromatic carbocycles. The first kappa shape index (κ1) is 21.4. The second-order valence-electron chi connectivity index (χ2n) is 7.26. The summed E-state index contributed by atoms with van der Waals surface area (Å²) < 4.78 is 5.18. The predicted octanol–water partition coefficient (Wildman–Crippen LogP) is 5.28. The van der Waals surface area contributed by atoms with Crippen LogP contribution in [0.25, 0.3) is 0 Å². The fourth-order valence-electron chi connectivity index (χ4n) is 3.00. The lowest BCUT2D eigenvalue weighted by atomic mass is 9.89. The van der Waals surface area contributed by atoms with E-state index in [-0.39, 0.29) is 5.97 Å². The smallest absolute Gasteiger partial charge is 0.302 e. The molecule has 2 atom stereocenters.